The van der Waals surface area contributed by atoms with Crippen LogP contribution in [-0.2, 0) is 9.47 Å². The molecule has 1 atom stereocenters. The van der Waals surface area contributed by atoms with E-state index in [9.17, 15) is 0 Å². The molecule has 0 aliphatic carbocycles. The zero-order valence-corrected chi connectivity index (χ0v) is 12.1. The number of rotatable bonds is 6. The lowest BCUT2D eigenvalue weighted by molar-refractivity contribution is -0.171. The Balaban J connectivity index is 2.30. The largest absolute Gasteiger partial charge is 0.356 e. The van der Waals surface area contributed by atoms with E-state index in [1.54, 1.807) is 19.5 Å². The van der Waals surface area contributed by atoms with Crippen molar-refractivity contribution in [2.45, 2.75) is 26.2 Å². The zero-order chi connectivity index (χ0) is 14.4. The van der Waals surface area contributed by atoms with E-state index in [4.69, 9.17) is 9.47 Å². The second-order valence-electron chi connectivity index (χ2n) is 4.87. The fourth-order valence-corrected chi connectivity index (χ4v) is 1.97. The first kappa shape index (κ1) is 14.6. The summed E-state index contributed by atoms with van der Waals surface area (Å²) in [6.45, 7) is 4.12. The summed E-state index contributed by atoms with van der Waals surface area (Å²) < 4.78 is 11.5. The van der Waals surface area contributed by atoms with E-state index in [2.05, 4.69) is 23.8 Å². The number of pyridine rings is 2. The van der Waals surface area contributed by atoms with Crippen LogP contribution in [0.3, 0.4) is 0 Å². The molecule has 0 amide bonds. The minimum atomic E-state index is -0.329. The standard InChI is InChI=1S/C16H20N2O2/c1-12(2)16(19-3)20-15(13-8-4-6-10-17-13)14-9-5-7-11-18-14/h4-12,15-16H,1-3H3. The molecular weight excluding hydrogens is 252 g/mol. The minimum absolute atomic E-state index is 0.245. The van der Waals surface area contributed by atoms with Crippen LogP contribution in [0.4, 0.5) is 0 Å². The SMILES string of the molecule is COC(OC(c1ccccn1)c1ccccn1)C(C)C. The van der Waals surface area contributed by atoms with E-state index in [1.807, 2.05) is 36.4 Å². The number of ether oxygens (including phenoxy) is 2. The maximum Gasteiger partial charge on any atom is 0.160 e. The zero-order valence-electron chi connectivity index (χ0n) is 12.1. The van der Waals surface area contributed by atoms with Crippen LogP contribution >= 0.6 is 0 Å². The van der Waals surface area contributed by atoms with Crippen LogP contribution in [0.5, 0.6) is 0 Å². The summed E-state index contributed by atoms with van der Waals surface area (Å²) in [4.78, 5) is 8.76. The van der Waals surface area contributed by atoms with E-state index >= 15 is 0 Å². The van der Waals surface area contributed by atoms with Crippen LogP contribution in [-0.4, -0.2) is 23.4 Å². The Morgan fingerprint density at radius 1 is 0.900 bits per heavy atom. The molecule has 20 heavy (non-hydrogen) atoms. The second-order valence-corrected chi connectivity index (χ2v) is 4.87. The van der Waals surface area contributed by atoms with Crippen molar-refractivity contribution in [3.8, 4) is 0 Å². The van der Waals surface area contributed by atoms with Gasteiger partial charge < -0.3 is 9.47 Å². The molecule has 0 fully saturated rings. The predicted molar refractivity (Wildman–Crippen MR) is 77.0 cm³/mol. The van der Waals surface area contributed by atoms with Gasteiger partial charge in [0.05, 0.1) is 11.4 Å². The van der Waals surface area contributed by atoms with Crippen molar-refractivity contribution in [1.29, 1.82) is 0 Å². The molecule has 0 bridgehead atoms. The molecule has 0 aliphatic rings. The molecule has 2 heterocycles. The molecule has 0 radical (unpaired) electrons. The van der Waals surface area contributed by atoms with Gasteiger partial charge in [0.25, 0.3) is 0 Å². The third-order valence-corrected chi connectivity index (χ3v) is 2.96. The van der Waals surface area contributed by atoms with Gasteiger partial charge in [-0.3, -0.25) is 9.97 Å². The normalized spacial score (nSPS) is 12.8. The fraction of sp³-hybridized carbons (Fsp3) is 0.375. The first-order chi connectivity index (χ1) is 9.72. The van der Waals surface area contributed by atoms with Crippen molar-refractivity contribution in [3.63, 3.8) is 0 Å². The highest BCUT2D eigenvalue weighted by molar-refractivity contribution is 5.19. The van der Waals surface area contributed by atoms with Gasteiger partial charge in [0.1, 0.15) is 6.10 Å². The molecule has 2 rings (SSSR count). The van der Waals surface area contributed by atoms with Gasteiger partial charge in [0.15, 0.2) is 6.29 Å². The van der Waals surface area contributed by atoms with Crippen LogP contribution in [0.15, 0.2) is 48.8 Å². The van der Waals surface area contributed by atoms with Crippen molar-refractivity contribution in [1.82, 2.24) is 9.97 Å². The molecule has 0 aromatic carbocycles. The Kier molecular flexibility index (Phi) is 5.21. The molecule has 0 aliphatic heterocycles. The molecule has 0 saturated carbocycles. The lowest BCUT2D eigenvalue weighted by atomic mass is 10.1. The monoisotopic (exact) mass is 272 g/mol. The third kappa shape index (κ3) is 3.62. The number of methoxy groups -OCH3 is 1. The Morgan fingerprint density at radius 3 is 1.80 bits per heavy atom. The van der Waals surface area contributed by atoms with Gasteiger partial charge in [0, 0.05) is 25.4 Å². The van der Waals surface area contributed by atoms with Crippen LogP contribution in [0.2, 0.25) is 0 Å². The van der Waals surface area contributed by atoms with Crippen LogP contribution < -0.4 is 0 Å². The van der Waals surface area contributed by atoms with Gasteiger partial charge in [-0.25, -0.2) is 0 Å². The summed E-state index contributed by atoms with van der Waals surface area (Å²) in [6, 6.07) is 11.5. The Morgan fingerprint density at radius 2 is 1.45 bits per heavy atom. The quantitative estimate of drug-likeness (QED) is 0.757. The van der Waals surface area contributed by atoms with Gasteiger partial charge >= 0.3 is 0 Å². The fourth-order valence-electron chi connectivity index (χ4n) is 1.97. The van der Waals surface area contributed by atoms with Crippen molar-refractivity contribution in [2.75, 3.05) is 7.11 Å². The highest BCUT2D eigenvalue weighted by Gasteiger charge is 2.24. The average Bonchev–Trinajstić information content (AvgIpc) is 2.50. The first-order valence-corrected chi connectivity index (χ1v) is 6.72. The lowest BCUT2D eigenvalue weighted by Gasteiger charge is -2.25. The molecular formula is C16H20N2O2. The third-order valence-electron chi connectivity index (χ3n) is 2.96. The minimum Gasteiger partial charge on any atom is -0.356 e. The van der Waals surface area contributed by atoms with E-state index < -0.39 is 0 Å². The average molecular weight is 272 g/mol. The van der Waals surface area contributed by atoms with Crippen molar-refractivity contribution >= 4 is 0 Å². The van der Waals surface area contributed by atoms with Crippen molar-refractivity contribution < 1.29 is 9.47 Å². The molecule has 1 unspecified atom stereocenters. The summed E-state index contributed by atoms with van der Waals surface area (Å²) in [5.74, 6) is 0.245. The van der Waals surface area contributed by atoms with Gasteiger partial charge in [0.2, 0.25) is 0 Å². The molecule has 4 nitrogen and oxygen atoms in total. The highest BCUT2D eigenvalue weighted by Crippen LogP contribution is 2.26. The van der Waals surface area contributed by atoms with Gasteiger partial charge in [-0.2, -0.15) is 0 Å². The highest BCUT2D eigenvalue weighted by atomic mass is 16.7. The number of hydrogen-bond donors (Lipinski definition) is 0. The summed E-state index contributed by atoms with van der Waals surface area (Å²) in [6.07, 6.45) is 2.88. The second kappa shape index (κ2) is 7.12. The molecule has 2 aromatic rings. The van der Waals surface area contributed by atoms with Crippen LogP contribution in [0.1, 0.15) is 31.3 Å². The molecule has 0 spiro atoms. The van der Waals surface area contributed by atoms with E-state index in [1.165, 1.54) is 0 Å². The summed E-state index contributed by atoms with van der Waals surface area (Å²) in [5, 5.41) is 0. The molecule has 4 heteroatoms. The van der Waals surface area contributed by atoms with Gasteiger partial charge in [-0.15, -0.1) is 0 Å². The number of hydrogen-bond acceptors (Lipinski definition) is 4. The van der Waals surface area contributed by atoms with E-state index in [-0.39, 0.29) is 18.3 Å². The topological polar surface area (TPSA) is 44.2 Å². The van der Waals surface area contributed by atoms with Gasteiger partial charge in [-0.1, -0.05) is 26.0 Å². The first-order valence-electron chi connectivity index (χ1n) is 6.72. The van der Waals surface area contributed by atoms with E-state index in [0.29, 0.717) is 0 Å². The molecule has 0 saturated heterocycles. The van der Waals surface area contributed by atoms with Crippen LogP contribution in [0.25, 0.3) is 0 Å². The Bertz CT molecular complexity index is 463. The Hall–Kier alpha value is -1.78. The predicted octanol–water partition coefficient (Wildman–Crippen LogP) is 3.21. The maximum absolute atomic E-state index is 6.09. The lowest BCUT2D eigenvalue weighted by Crippen LogP contribution is -2.25. The smallest absolute Gasteiger partial charge is 0.160 e. The Labute approximate surface area is 119 Å². The summed E-state index contributed by atoms with van der Waals surface area (Å²) in [7, 11) is 1.65. The van der Waals surface area contributed by atoms with E-state index in [0.717, 1.165) is 11.4 Å². The summed E-state index contributed by atoms with van der Waals surface area (Å²) in [5.41, 5.74) is 1.66. The molecule has 106 valence electrons. The van der Waals surface area contributed by atoms with Crippen molar-refractivity contribution in [3.05, 3.63) is 60.2 Å². The van der Waals surface area contributed by atoms with Crippen molar-refractivity contribution in [2.24, 2.45) is 5.92 Å². The molecule has 2 aromatic heterocycles. The maximum atomic E-state index is 6.09. The molecule has 0 N–H and O–H groups in total. The summed E-state index contributed by atoms with van der Waals surface area (Å²) >= 11 is 0. The number of aromatic nitrogens is 2. The van der Waals surface area contributed by atoms with Crippen LogP contribution in [0, 0.1) is 5.92 Å². The number of nitrogens with zero attached hydrogens (tertiary/aromatic N) is 2. The van der Waals surface area contributed by atoms with Gasteiger partial charge in [-0.05, 0) is 24.3 Å².